The fourth-order valence-electron chi connectivity index (χ4n) is 4.70. The van der Waals surface area contributed by atoms with E-state index in [-0.39, 0.29) is 39.0 Å². The summed E-state index contributed by atoms with van der Waals surface area (Å²) in [6.45, 7) is 1.60. The van der Waals surface area contributed by atoms with Gasteiger partial charge in [0.25, 0.3) is 0 Å². The lowest BCUT2D eigenvalue weighted by Crippen LogP contribution is -1.98. The highest BCUT2D eigenvalue weighted by Crippen LogP contribution is 2.55. The molecule has 0 amide bonds. The number of phenolic OH excluding ortho intramolecular Hbond substituents is 2. The molecule has 5 aromatic carbocycles. The van der Waals surface area contributed by atoms with E-state index >= 15 is 0 Å². The Bertz CT molecular complexity index is 2140. The Hall–Kier alpha value is -4.29. The van der Waals surface area contributed by atoms with Crippen molar-refractivity contribution in [2.24, 2.45) is 20.5 Å². The van der Waals surface area contributed by atoms with Crippen molar-refractivity contribution in [1.29, 1.82) is 0 Å². The lowest BCUT2D eigenvalue weighted by atomic mass is 10.1. The largest absolute Gasteiger partial charge is 0.507 e. The van der Waals surface area contributed by atoms with Crippen LogP contribution in [0, 0.1) is 6.92 Å². The van der Waals surface area contributed by atoms with Gasteiger partial charge in [-0.1, -0.05) is 6.07 Å². The predicted molar refractivity (Wildman–Crippen MR) is 183 cm³/mol. The molecule has 0 bridgehead atoms. The minimum atomic E-state index is -4.37. The number of fused-ring (bicyclic) bond motifs is 2. The quantitative estimate of drug-likeness (QED) is 0.0524. The monoisotopic (exact) mass is 723 g/mol. The summed E-state index contributed by atoms with van der Waals surface area (Å²) < 4.78 is 94.3. The number of azo groups is 2. The molecule has 20 heteroatoms. The standard InChI is InChI=1S/C28H29N5O12S3/c1-13-5-21(31-33-27-25(48(42,43)44)8-14-3-4-16(29)9-19(14)28(27)35)24(45-2)12-20(13)30-32-22-10-17(46(36,37)38)6-15-7-18(47(39,40)41)11-23(34)26(15)22/h3-12,34-44H,29H2,1-2H3. The first kappa shape index (κ1) is 35.0. The maximum absolute atomic E-state index is 10.9. The number of rotatable bonds is 8. The highest BCUT2D eigenvalue weighted by molar-refractivity contribution is 8.20. The Morgan fingerprint density at radius 1 is 0.625 bits per heavy atom. The summed E-state index contributed by atoms with van der Waals surface area (Å²) in [6, 6.07) is 12.6. The molecule has 0 aliphatic heterocycles. The fourth-order valence-corrected chi connectivity index (χ4v) is 6.49. The van der Waals surface area contributed by atoms with Crippen molar-refractivity contribution in [3.05, 3.63) is 66.2 Å². The summed E-state index contributed by atoms with van der Waals surface area (Å²) in [7, 11) is -11.7. The Morgan fingerprint density at radius 3 is 1.83 bits per heavy atom. The van der Waals surface area contributed by atoms with Crippen molar-refractivity contribution >= 4 is 82.6 Å². The van der Waals surface area contributed by atoms with Crippen LogP contribution in [0.25, 0.3) is 21.5 Å². The van der Waals surface area contributed by atoms with Gasteiger partial charge < -0.3 is 61.7 Å². The van der Waals surface area contributed by atoms with E-state index in [0.29, 0.717) is 16.6 Å². The van der Waals surface area contributed by atoms with Gasteiger partial charge in [0.05, 0.1) is 38.6 Å². The van der Waals surface area contributed by atoms with Crippen LogP contribution in [0.4, 0.5) is 28.4 Å². The summed E-state index contributed by atoms with van der Waals surface area (Å²) in [4.78, 5) is -1.42. The molecule has 0 atom stereocenters. The molecule has 0 fully saturated rings. The van der Waals surface area contributed by atoms with Gasteiger partial charge in [-0.05, 0) is 71.8 Å². The molecular weight excluding hydrogens is 695 g/mol. The molecule has 17 nitrogen and oxygen atoms in total. The van der Waals surface area contributed by atoms with Gasteiger partial charge in [-0.2, -0.15) is 5.11 Å². The molecule has 0 aromatic heterocycles. The number of benzene rings is 5. The van der Waals surface area contributed by atoms with E-state index in [0.717, 1.165) is 24.3 Å². The van der Waals surface area contributed by atoms with Crippen LogP contribution in [0.3, 0.4) is 0 Å². The summed E-state index contributed by atoms with van der Waals surface area (Å²) in [5, 5.41) is 38.4. The maximum atomic E-state index is 10.9. The highest BCUT2D eigenvalue weighted by Gasteiger charge is 2.26. The Balaban J connectivity index is 1.59. The van der Waals surface area contributed by atoms with Gasteiger partial charge in [-0.3, -0.25) is 0 Å². The topological polar surface area (TPSA) is 307 Å². The Kier molecular flexibility index (Phi) is 9.21. The zero-order valence-corrected chi connectivity index (χ0v) is 27.1. The Morgan fingerprint density at radius 2 is 1.23 bits per heavy atom. The van der Waals surface area contributed by atoms with Gasteiger partial charge in [0, 0.05) is 17.1 Å². The molecule has 0 saturated carbocycles. The molecule has 5 rings (SSSR count). The van der Waals surface area contributed by atoms with Gasteiger partial charge in [0.15, 0.2) is 5.75 Å². The number of hydrogen-bond acceptors (Lipinski definition) is 17. The summed E-state index contributed by atoms with van der Waals surface area (Å²) >= 11 is 0. The second kappa shape index (κ2) is 12.6. The van der Waals surface area contributed by atoms with Crippen LogP contribution in [0.15, 0.2) is 95.8 Å². The van der Waals surface area contributed by atoms with Gasteiger partial charge in [-0.25, -0.2) is 0 Å². The number of hydrogen-bond donors (Lipinski definition) is 12. The minimum absolute atomic E-state index is 0.0452. The van der Waals surface area contributed by atoms with Crippen molar-refractivity contribution in [2.75, 3.05) is 12.8 Å². The van der Waals surface area contributed by atoms with E-state index in [1.807, 2.05) is 0 Å². The number of nitrogens with zero attached hydrogens (tertiary/aromatic N) is 4. The number of methoxy groups -OCH3 is 1. The minimum Gasteiger partial charge on any atom is -0.507 e. The predicted octanol–water partition coefficient (Wildman–Crippen LogP) is 9.88. The van der Waals surface area contributed by atoms with E-state index in [9.17, 15) is 51.2 Å². The number of aromatic hydroxyl groups is 2. The van der Waals surface area contributed by atoms with Gasteiger partial charge in [0.2, 0.25) is 0 Å². The van der Waals surface area contributed by atoms with Crippen molar-refractivity contribution in [3.63, 3.8) is 0 Å². The molecule has 0 saturated heterocycles. The van der Waals surface area contributed by atoms with Gasteiger partial charge in [0.1, 0.15) is 55.5 Å². The lowest BCUT2D eigenvalue weighted by Gasteiger charge is -2.22. The van der Waals surface area contributed by atoms with Gasteiger partial charge >= 0.3 is 0 Å². The van der Waals surface area contributed by atoms with Crippen LogP contribution >= 0.6 is 32.6 Å². The molecule has 5 aromatic rings. The zero-order chi connectivity index (χ0) is 35.3. The van der Waals surface area contributed by atoms with Gasteiger partial charge in [-0.15, -0.1) is 15.3 Å². The number of anilines is 1. The third kappa shape index (κ3) is 7.09. The second-order valence-electron chi connectivity index (χ2n) is 10.3. The van der Waals surface area contributed by atoms with Crippen LogP contribution in [-0.4, -0.2) is 58.3 Å². The fraction of sp³-hybridized carbons (Fsp3) is 0.0714. The molecule has 0 heterocycles. The van der Waals surface area contributed by atoms with E-state index < -0.39 is 64.5 Å². The second-order valence-corrected chi connectivity index (χ2v) is 14.8. The van der Waals surface area contributed by atoms with Crippen molar-refractivity contribution in [1.82, 2.24) is 0 Å². The number of nitrogens with two attached hydrogens (primary N) is 1. The summed E-state index contributed by atoms with van der Waals surface area (Å²) in [6.07, 6.45) is 0. The van der Waals surface area contributed by atoms with Crippen molar-refractivity contribution < 1.29 is 55.9 Å². The van der Waals surface area contributed by atoms with Crippen molar-refractivity contribution in [2.45, 2.75) is 21.6 Å². The molecular formula is C28H29N5O12S3. The summed E-state index contributed by atoms with van der Waals surface area (Å²) in [5.41, 5.74) is 6.19. The van der Waals surface area contributed by atoms with Crippen LogP contribution in [0.5, 0.6) is 17.2 Å². The average Bonchev–Trinajstić information content (AvgIpc) is 2.98. The third-order valence-corrected chi connectivity index (χ3v) is 9.62. The first-order valence-electron chi connectivity index (χ1n) is 13.2. The van der Waals surface area contributed by atoms with E-state index in [2.05, 4.69) is 20.5 Å². The zero-order valence-electron chi connectivity index (χ0n) is 24.7. The highest BCUT2D eigenvalue weighted by atomic mass is 32.3. The first-order chi connectivity index (χ1) is 22.3. The SMILES string of the molecule is COc1cc(N=Nc2cc(S(O)(O)O)cc3cc(S(O)(O)O)cc(O)c23)c(C)cc1N=Nc1c(S(O)(O)O)cc2ccc(N)cc2c1O. The normalized spacial score (nSPS) is 14.0. The van der Waals surface area contributed by atoms with E-state index in [4.69, 9.17) is 10.5 Å². The number of phenols is 2. The lowest BCUT2D eigenvalue weighted by molar-refractivity contribution is 0.373. The maximum Gasteiger partial charge on any atom is 0.152 e. The third-order valence-electron chi connectivity index (χ3n) is 6.98. The van der Waals surface area contributed by atoms with Crippen LogP contribution < -0.4 is 10.5 Å². The molecule has 0 radical (unpaired) electrons. The molecule has 0 aliphatic rings. The number of nitrogen functional groups attached to an aromatic ring is 1. The number of aryl methyl sites for hydroxylation is 1. The van der Waals surface area contributed by atoms with E-state index in [1.54, 1.807) is 6.92 Å². The van der Waals surface area contributed by atoms with Crippen molar-refractivity contribution in [3.8, 4) is 17.2 Å². The molecule has 0 aliphatic carbocycles. The number of ether oxygens (including phenoxy) is 1. The van der Waals surface area contributed by atoms with Crippen LogP contribution in [-0.2, 0) is 0 Å². The molecule has 0 spiro atoms. The van der Waals surface area contributed by atoms with Crippen LogP contribution in [0.1, 0.15) is 5.56 Å². The smallest absolute Gasteiger partial charge is 0.152 e. The molecule has 13 N–H and O–H groups in total. The molecule has 48 heavy (non-hydrogen) atoms. The average molecular weight is 724 g/mol. The Labute approximate surface area is 276 Å². The van der Waals surface area contributed by atoms with Crippen LogP contribution in [0.2, 0.25) is 0 Å². The molecule has 256 valence electrons. The first-order valence-corrected chi connectivity index (χ1v) is 17.7. The molecule has 0 unspecified atom stereocenters. The van der Waals surface area contributed by atoms with E-state index in [1.165, 1.54) is 43.5 Å². The summed E-state index contributed by atoms with van der Waals surface area (Å²) in [5.74, 6) is -1.03.